The van der Waals surface area contributed by atoms with Crippen LogP contribution >= 0.6 is 23.4 Å². The third-order valence-corrected chi connectivity index (χ3v) is 5.56. The van der Waals surface area contributed by atoms with Crippen molar-refractivity contribution in [3.8, 4) is 6.07 Å². The van der Waals surface area contributed by atoms with Crippen molar-refractivity contribution in [2.75, 3.05) is 18.6 Å². The highest BCUT2D eigenvalue weighted by atomic mass is 35.5. The van der Waals surface area contributed by atoms with Crippen LogP contribution in [-0.2, 0) is 10.0 Å². The van der Waals surface area contributed by atoms with Crippen molar-refractivity contribution in [3.63, 3.8) is 0 Å². The number of nitriles is 1. The van der Waals surface area contributed by atoms with Gasteiger partial charge in [-0.2, -0.15) is 17.0 Å². The number of thioether (sulfide) groups is 1. The van der Waals surface area contributed by atoms with E-state index < -0.39 is 10.0 Å². The van der Waals surface area contributed by atoms with Crippen LogP contribution in [0.25, 0.3) is 0 Å². The number of nitrogens with one attached hydrogen (secondary N) is 1. The van der Waals surface area contributed by atoms with Crippen LogP contribution in [0.5, 0.6) is 0 Å². The molecule has 0 heterocycles. The Morgan fingerprint density at radius 2 is 2.00 bits per heavy atom. The molecule has 1 N–H and O–H groups in total. The minimum atomic E-state index is -3.66. The molecule has 0 unspecified atom stereocenters. The van der Waals surface area contributed by atoms with E-state index in [9.17, 15) is 8.42 Å². The molecule has 0 aliphatic rings. The standard InChI is InChI=1S/C14H19ClN2O2S2/c1-20-9-5-3-2-4-8-17-21(18,19)14-10-12(11-16)6-7-13(14)15/h6-7,10,17H,2-5,8-9H2,1H3. The molecule has 0 fully saturated rings. The maximum Gasteiger partial charge on any atom is 0.242 e. The summed E-state index contributed by atoms with van der Waals surface area (Å²) in [6, 6.07) is 6.13. The molecule has 0 saturated heterocycles. The summed E-state index contributed by atoms with van der Waals surface area (Å²) in [6.45, 7) is 0.384. The first kappa shape index (κ1) is 18.3. The molecule has 0 aliphatic heterocycles. The molecule has 1 aromatic carbocycles. The van der Waals surface area contributed by atoms with Gasteiger partial charge in [-0.3, -0.25) is 0 Å². The number of sulfonamides is 1. The second kappa shape index (κ2) is 9.31. The Balaban J connectivity index is 2.53. The lowest BCUT2D eigenvalue weighted by molar-refractivity contribution is 0.574. The number of rotatable bonds is 9. The number of hydrogen-bond acceptors (Lipinski definition) is 4. The maximum absolute atomic E-state index is 12.1. The van der Waals surface area contributed by atoms with Gasteiger partial charge in [-0.05, 0) is 43.0 Å². The first-order valence-corrected chi connectivity index (χ1v) is 9.95. The minimum Gasteiger partial charge on any atom is -0.211 e. The monoisotopic (exact) mass is 346 g/mol. The van der Waals surface area contributed by atoms with Gasteiger partial charge >= 0.3 is 0 Å². The number of nitrogens with zero attached hydrogens (tertiary/aromatic N) is 1. The van der Waals surface area contributed by atoms with Gasteiger partial charge in [0.25, 0.3) is 0 Å². The molecule has 0 radical (unpaired) electrons. The topological polar surface area (TPSA) is 70.0 Å². The summed E-state index contributed by atoms with van der Waals surface area (Å²) in [5, 5.41) is 8.95. The van der Waals surface area contributed by atoms with Crippen LogP contribution < -0.4 is 4.72 Å². The molecule has 7 heteroatoms. The largest absolute Gasteiger partial charge is 0.242 e. The third-order valence-electron chi connectivity index (χ3n) is 2.92. The first-order chi connectivity index (χ1) is 10.0. The molecule has 0 aliphatic carbocycles. The number of unbranched alkanes of at least 4 members (excludes halogenated alkanes) is 3. The van der Waals surface area contributed by atoms with Gasteiger partial charge in [0.05, 0.1) is 16.7 Å². The fraction of sp³-hybridized carbons (Fsp3) is 0.500. The van der Waals surface area contributed by atoms with Crippen molar-refractivity contribution < 1.29 is 8.42 Å². The third kappa shape index (κ3) is 6.27. The Labute approximate surface area is 135 Å². The fourth-order valence-electron chi connectivity index (χ4n) is 1.79. The van der Waals surface area contributed by atoms with Crippen molar-refractivity contribution in [1.82, 2.24) is 4.72 Å². The predicted molar refractivity (Wildman–Crippen MR) is 88.2 cm³/mol. The molecule has 0 amide bonds. The zero-order valence-electron chi connectivity index (χ0n) is 11.9. The average molecular weight is 347 g/mol. The lowest BCUT2D eigenvalue weighted by Gasteiger charge is -2.08. The second-order valence-electron chi connectivity index (χ2n) is 4.56. The molecule has 0 atom stereocenters. The van der Waals surface area contributed by atoms with Gasteiger partial charge in [0, 0.05) is 6.54 Å². The molecule has 4 nitrogen and oxygen atoms in total. The normalized spacial score (nSPS) is 11.3. The molecule has 21 heavy (non-hydrogen) atoms. The molecule has 1 rings (SSSR count). The Morgan fingerprint density at radius 1 is 1.29 bits per heavy atom. The van der Waals surface area contributed by atoms with E-state index in [0.29, 0.717) is 6.54 Å². The van der Waals surface area contributed by atoms with E-state index in [-0.39, 0.29) is 15.5 Å². The van der Waals surface area contributed by atoms with E-state index in [4.69, 9.17) is 16.9 Å². The van der Waals surface area contributed by atoms with Gasteiger partial charge in [0.2, 0.25) is 10.0 Å². The van der Waals surface area contributed by atoms with Crippen LogP contribution in [0, 0.1) is 11.3 Å². The first-order valence-electron chi connectivity index (χ1n) is 6.69. The summed E-state index contributed by atoms with van der Waals surface area (Å²) >= 11 is 7.72. The van der Waals surface area contributed by atoms with E-state index in [1.54, 1.807) is 0 Å². The summed E-state index contributed by atoms with van der Waals surface area (Å²) in [5.41, 5.74) is 0.275. The lowest BCUT2D eigenvalue weighted by atomic mass is 10.2. The molecule has 1 aromatic rings. The van der Waals surface area contributed by atoms with Gasteiger partial charge in [-0.15, -0.1) is 0 Å². The Bertz CT molecular complexity index is 597. The quantitative estimate of drug-likeness (QED) is 0.695. The molecule has 116 valence electrons. The predicted octanol–water partition coefficient (Wildman–Crippen LogP) is 3.41. The average Bonchev–Trinajstić information content (AvgIpc) is 2.46. The number of hydrogen-bond donors (Lipinski definition) is 1. The summed E-state index contributed by atoms with van der Waals surface area (Å²) in [4.78, 5) is -0.0365. The zero-order valence-corrected chi connectivity index (χ0v) is 14.3. The molecule has 0 saturated carbocycles. The molecule has 0 bridgehead atoms. The molecular weight excluding hydrogens is 328 g/mol. The smallest absolute Gasteiger partial charge is 0.211 e. The van der Waals surface area contributed by atoms with Gasteiger partial charge in [-0.25, -0.2) is 13.1 Å². The van der Waals surface area contributed by atoms with Crippen molar-refractivity contribution in [2.45, 2.75) is 30.6 Å². The lowest BCUT2D eigenvalue weighted by Crippen LogP contribution is -2.25. The van der Waals surface area contributed by atoms with E-state index in [1.807, 2.05) is 17.8 Å². The van der Waals surface area contributed by atoms with Crippen LogP contribution in [0.2, 0.25) is 5.02 Å². The van der Waals surface area contributed by atoms with Crippen LogP contribution in [0.15, 0.2) is 23.1 Å². The highest BCUT2D eigenvalue weighted by Gasteiger charge is 2.17. The highest BCUT2D eigenvalue weighted by molar-refractivity contribution is 7.98. The van der Waals surface area contributed by atoms with E-state index in [0.717, 1.165) is 31.4 Å². The molecule has 0 spiro atoms. The summed E-state index contributed by atoms with van der Waals surface area (Å²) in [5.74, 6) is 1.14. The van der Waals surface area contributed by atoms with Crippen molar-refractivity contribution >= 4 is 33.4 Å². The number of benzene rings is 1. The van der Waals surface area contributed by atoms with E-state index in [1.165, 1.54) is 18.2 Å². The van der Waals surface area contributed by atoms with Gasteiger partial charge in [0.15, 0.2) is 0 Å². The Kier molecular flexibility index (Phi) is 8.12. The fourth-order valence-corrected chi connectivity index (χ4v) is 3.88. The summed E-state index contributed by atoms with van der Waals surface area (Å²) in [7, 11) is -3.66. The van der Waals surface area contributed by atoms with E-state index >= 15 is 0 Å². The van der Waals surface area contributed by atoms with Gasteiger partial charge in [-0.1, -0.05) is 24.4 Å². The molecular formula is C14H19ClN2O2S2. The maximum atomic E-state index is 12.1. The Morgan fingerprint density at radius 3 is 2.67 bits per heavy atom. The van der Waals surface area contributed by atoms with Crippen molar-refractivity contribution in [1.29, 1.82) is 5.26 Å². The Hall–Kier alpha value is -0.740. The highest BCUT2D eigenvalue weighted by Crippen LogP contribution is 2.22. The van der Waals surface area contributed by atoms with Crippen LogP contribution in [0.3, 0.4) is 0 Å². The minimum absolute atomic E-state index is 0.0365. The summed E-state index contributed by atoms with van der Waals surface area (Å²) < 4.78 is 26.8. The SMILES string of the molecule is CSCCCCCCNS(=O)(=O)c1cc(C#N)ccc1Cl. The molecule has 0 aromatic heterocycles. The van der Waals surface area contributed by atoms with Gasteiger partial charge < -0.3 is 0 Å². The number of halogens is 1. The van der Waals surface area contributed by atoms with Gasteiger partial charge in [0.1, 0.15) is 4.90 Å². The second-order valence-corrected chi connectivity index (χ2v) is 7.69. The summed E-state index contributed by atoms with van der Waals surface area (Å²) in [6.07, 6.45) is 6.13. The van der Waals surface area contributed by atoms with Crippen molar-refractivity contribution in [2.24, 2.45) is 0 Å². The zero-order chi connectivity index (χ0) is 15.7. The van der Waals surface area contributed by atoms with Crippen LogP contribution in [0.4, 0.5) is 0 Å². The van der Waals surface area contributed by atoms with E-state index in [2.05, 4.69) is 11.0 Å². The van der Waals surface area contributed by atoms with Crippen molar-refractivity contribution in [3.05, 3.63) is 28.8 Å². The van der Waals surface area contributed by atoms with Crippen LogP contribution in [-0.4, -0.2) is 27.0 Å². The van der Waals surface area contributed by atoms with Crippen LogP contribution in [0.1, 0.15) is 31.2 Å².